The maximum Gasteiger partial charge on any atom is 0.460 e. The molecule has 0 spiro atoms. The molecule has 298 valence electrons. The second kappa shape index (κ2) is 16.3. The number of ether oxygens (including phenoxy) is 2. The predicted octanol–water partition coefficient (Wildman–Crippen LogP) is 11.5. The summed E-state index contributed by atoms with van der Waals surface area (Å²) in [7, 11) is 0. The number of nitrogens with two attached hydrogens (primary N) is 2. The summed E-state index contributed by atoms with van der Waals surface area (Å²) in [4.78, 5) is 12.7. The first kappa shape index (κ1) is 44.3. The summed E-state index contributed by atoms with van der Waals surface area (Å²) < 4.78 is 174. The normalized spacial score (nSPS) is 13.1. The monoisotopic (exact) mass is 841 g/mol. The Morgan fingerprint density at radius 1 is 0.709 bits per heavy atom. The maximum absolute atomic E-state index is 13.9. The van der Waals surface area contributed by atoms with Gasteiger partial charge in [-0.15, -0.1) is 0 Å². The van der Waals surface area contributed by atoms with E-state index in [9.17, 15) is 61.9 Å². The molecule has 0 amide bonds. The Labute approximate surface area is 310 Å². The molecule has 4 aromatic rings. The molecule has 1 aliphatic heterocycles. The first-order valence-electron chi connectivity index (χ1n) is 14.5. The number of aliphatic imine (C=N–C) groups is 1. The number of rotatable bonds is 8. The molecular weight excluding hydrogens is 820 g/mol. The zero-order valence-electron chi connectivity index (χ0n) is 27.1. The molecular formula is C33H22Cl2F13N3O4. The van der Waals surface area contributed by atoms with Crippen LogP contribution in [0.1, 0.15) is 12.5 Å². The zero-order chi connectivity index (χ0) is 41.9. The maximum atomic E-state index is 13.9. The first-order valence-corrected chi connectivity index (χ1v) is 15.3. The molecule has 0 fully saturated rings. The van der Waals surface area contributed by atoms with Gasteiger partial charge in [0.1, 0.15) is 34.6 Å². The van der Waals surface area contributed by atoms with Crippen LogP contribution >= 0.6 is 23.2 Å². The smallest absolute Gasteiger partial charge is 0.460 e. The topological polar surface area (TPSA) is 120 Å². The van der Waals surface area contributed by atoms with Crippen LogP contribution in [0.4, 0.5) is 74.1 Å². The molecule has 0 unspecified atom stereocenters. The molecule has 4 aromatic carbocycles. The molecule has 55 heavy (non-hydrogen) atoms. The largest absolute Gasteiger partial charge is 0.477 e. The number of benzene rings is 4. The Morgan fingerprint density at radius 2 is 1.13 bits per heavy atom. The van der Waals surface area contributed by atoms with Crippen molar-refractivity contribution in [2.75, 3.05) is 11.5 Å². The second-order valence-electron chi connectivity index (χ2n) is 11.1. The molecule has 1 aliphatic rings. The molecule has 0 saturated heterocycles. The van der Waals surface area contributed by atoms with Crippen LogP contribution in [0.5, 0.6) is 23.0 Å². The van der Waals surface area contributed by atoms with Gasteiger partial charge in [0.15, 0.2) is 0 Å². The highest BCUT2D eigenvalue weighted by Crippen LogP contribution is 2.50. The third-order valence-electron chi connectivity index (χ3n) is 6.90. The Morgan fingerprint density at radius 3 is 1.53 bits per heavy atom. The van der Waals surface area contributed by atoms with E-state index in [2.05, 4.69) is 4.99 Å². The van der Waals surface area contributed by atoms with Crippen molar-refractivity contribution in [3.05, 3.63) is 100 Å². The number of fused-ring (bicyclic) bond motifs is 1. The first-order chi connectivity index (χ1) is 25.1. The van der Waals surface area contributed by atoms with Crippen molar-refractivity contribution in [2.24, 2.45) is 4.99 Å². The van der Waals surface area contributed by atoms with Gasteiger partial charge in [0.25, 0.3) is 0 Å². The van der Waals surface area contributed by atoms with Crippen molar-refractivity contribution in [1.29, 1.82) is 0 Å². The van der Waals surface area contributed by atoms with E-state index in [0.29, 0.717) is 27.9 Å². The molecule has 0 aromatic heterocycles. The van der Waals surface area contributed by atoms with E-state index >= 15 is 0 Å². The molecule has 1 heterocycles. The van der Waals surface area contributed by atoms with Gasteiger partial charge in [-0.05, 0) is 72.3 Å². The Bertz CT molecular complexity index is 2040. The van der Waals surface area contributed by atoms with Crippen LogP contribution in [0.3, 0.4) is 0 Å². The van der Waals surface area contributed by atoms with Gasteiger partial charge in [-0.3, -0.25) is 4.99 Å². The van der Waals surface area contributed by atoms with Crippen LogP contribution in [0.15, 0.2) is 77.8 Å². The van der Waals surface area contributed by atoms with Crippen LogP contribution in [0.2, 0.25) is 10.0 Å². The van der Waals surface area contributed by atoms with Crippen molar-refractivity contribution < 1.29 is 76.5 Å². The molecule has 0 saturated carbocycles. The summed E-state index contributed by atoms with van der Waals surface area (Å²) in [6, 6.07) is 15.4. The number of hydrogen-bond donors (Lipinski definition) is 3. The fraction of sp³-hybridized carbons (Fsp3) is 0.212. The van der Waals surface area contributed by atoms with Crippen molar-refractivity contribution >= 4 is 51.9 Å². The van der Waals surface area contributed by atoms with Gasteiger partial charge in [0.2, 0.25) is 0 Å². The number of nitrogen functional groups attached to an aromatic ring is 2. The quantitative estimate of drug-likeness (QED) is 0.120. The lowest BCUT2D eigenvalue weighted by Crippen LogP contribution is -2.56. The minimum absolute atomic E-state index is 0.0749. The van der Waals surface area contributed by atoms with Crippen molar-refractivity contribution in [3.63, 3.8) is 0 Å². The van der Waals surface area contributed by atoms with Crippen LogP contribution in [-0.2, 0) is 11.2 Å². The van der Waals surface area contributed by atoms with E-state index in [-0.39, 0.29) is 40.5 Å². The average Bonchev–Trinajstić information content (AvgIpc) is 3.49. The molecule has 0 atom stereocenters. The highest BCUT2D eigenvalue weighted by Gasteiger charge is 2.75. The van der Waals surface area contributed by atoms with Crippen molar-refractivity contribution in [1.82, 2.24) is 0 Å². The van der Waals surface area contributed by atoms with Gasteiger partial charge in [-0.25, -0.2) is 13.6 Å². The van der Waals surface area contributed by atoms with E-state index in [1.54, 1.807) is 0 Å². The minimum Gasteiger partial charge on any atom is -0.477 e. The summed E-state index contributed by atoms with van der Waals surface area (Å²) in [5, 5.41) is 7.74. The Balaban J connectivity index is 0.000000254. The molecule has 22 heteroatoms. The average molecular weight is 842 g/mol. The Kier molecular flexibility index (Phi) is 13.1. The fourth-order valence-corrected chi connectivity index (χ4v) is 4.33. The molecule has 5 N–H and O–H groups in total. The number of carboxylic acids is 1. The number of alkyl halides is 11. The van der Waals surface area contributed by atoms with Crippen LogP contribution < -0.4 is 20.9 Å². The molecule has 7 nitrogen and oxygen atoms in total. The second-order valence-corrected chi connectivity index (χ2v) is 11.9. The highest BCUT2D eigenvalue weighted by atomic mass is 35.5. The summed E-state index contributed by atoms with van der Waals surface area (Å²) in [5.41, 5.74) is 10.0. The van der Waals surface area contributed by atoms with Gasteiger partial charge in [0.05, 0.1) is 32.8 Å². The van der Waals surface area contributed by atoms with E-state index in [1.807, 2.05) is 0 Å². The SMILES string of the molecule is CC(F)(F)C(F)(F)C(=O)O.Fc1ccc(Oc2cc3c(cc2Cl)N=C(C(F)(F)C(F)(F)C(F)(F)F)C3)cc1.Nc1cc(Cl)c(Oc2ccc(F)cc2)cc1N. The van der Waals surface area contributed by atoms with Crippen molar-refractivity contribution in [3.8, 4) is 23.0 Å². The number of nitrogens with zero attached hydrogens (tertiary/aromatic N) is 1. The van der Waals surface area contributed by atoms with E-state index in [1.165, 1.54) is 48.5 Å². The van der Waals surface area contributed by atoms with Gasteiger partial charge in [-0.2, -0.15) is 48.3 Å². The van der Waals surface area contributed by atoms with Gasteiger partial charge >= 0.3 is 35.8 Å². The van der Waals surface area contributed by atoms with E-state index in [4.69, 9.17) is 49.2 Å². The van der Waals surface area contributed by atoms with Gasteiger partial charge in [-0.1, -0.05) is 23.2 Å². The number of halogens is 15. The van der Waals surface area contributed by atoms with Crippen molar-refractivity contribution in [2.45, 2.75) is 43.2 Å². The van der Waals surface area contributed by atoms with E-state index in [0.717, 1.165) is 24.3 Å². The lowest BCUT2D eigenvalue weighted by atomic mass is 10.0. The van der Waals surface area contributed by atoms with Gasteiger partial charge in [0, 0.05) is 19.4 Å². The lowest BCUT2D eigenvalue weighted by Gasteiger charge is -2.28. The van der Waals surface area contributed by atoms with Gasteiger partial charge < -0.3 is 26.0 Å². The van der Waals surface area contributed by atoms with Crippen LogP contribution in [0.25, 0.3) is 0 Å². The number of hydrogen-bond acceptors (Lipinski definition) is 6. The fourth-order valence-electron chi connectivity index (χ4n) is 3.92. The standard InChI is InChI=1S/C17H8ClF8NO.C12H10ClFN2O.C4H4F4O2/c18-11-7-12-8(5-13(11)28-10-3-1-9(19)2-4-10)6-14(27-12)15(20,21)16(22,23)17(24,25)26;13-9-5-10(15)11(16)6-12(9)17-8-3-1-7(14)2-4-8;1-3(5,6)4(7,8)2(9)10/h1-5,7H,6H2;1-6H,15-16H2;1H3,(H,9,10). The molecule has 0 radical (unpaired) electrons. The number of carboxylic acid groups (broad SMARTS) is 1. The van der Waals surface area contributed by atoms with Crippen LogP contribution in [-0.4, -0.2) is 46.7 Å². The molecule has 0 aliphatic carbocycles. The summed E-state index contributed by atoms with van der Waals surface area (Å²) in [6.07, 6.45) is -7.41. The summed E-state index contributed by atoms with van der Waals surface area (Å²) in [5.74, 6) is -24.1. The number of anilines is 2. The summed E-state index contributed by atoms with van der Waals surface area (Å²) in [6.45, 7) is -0.152. The summed E-state index contributed by atoms with van der Waals surface area (Å²) >= 11 is 11.9. The number of carbonyl (C=O) groups is 1. The molecule has 0 bridgehead atoms. The third kappa shape index (κ3) is 10.4. The van der Waals surface area contributed by atoms with E-state index < -0.39 is 53.8 Å². The molecule has 5 rings (SSSR count). The van der Waals surface area contributed by atoms with Crippen LogP contribution in [0, 0.1) is 11.6 Å². The zero-order valence-corrected chi connectivity index (χ0v) is 28.6. The highest BCUT2D eigenvalue weighted by molar-refractivity contribution is 6.33. The number of aliphatic carboxylic acids is 1. The lowest BCUT2D eigenvalue weighted by molar-refractivity contribution is -0.336. The third-order valence-corrected chi connectivity index (χ3v) is 7.49. The Hall–Kier alpha value is -5.11. The minimum atomic E-state index is -6.46. The predicted molar refractivity (Wildman–Crippen MR) is 175 cm³/mol.